The molecule has 0 aliphatic carbocycles. The average molecular weight is 195 g/mol. The summed E-state index contributed by atoms with van der Waals surface area (Å²) < 4.78 is 5.41. The van der Waals surface area contributed by atoms with E-state index in [1.807, 2.05) is 31.2 Å². The molecule has 3 nitrogen and oxygen atoms in total. The second kappa shape index (κ2) is 5.62. The van der Waals surface area contributed by atoms with E-state index in [0.717, 1.165) is 11.3 Å². The Labute approximate surface area is 84.5 Å². The van der Waals surface area contributed by atoms with Gasteiger partial charge < -0.3 is 15.6 Å². The van der Waals surface area contributed by atoms with Gasteiger partial charge in [-0.05, 0) is 31.0 Å². The largest absolute Gasteiger partial charge is 0.492 e. The van der Waals surface area contributed by atoms with Crippen LogP contribution in [0.5, 0.6) is 5.75 Å². The lowest BCUT2D eigenvalue weighted by atomic mass is 10.1. The average Bonchev–Trinajstić information content (AvgIpc) is 2.17. The predicted molar refractivity (Wildman–Crippen MR) is 56.4 cm³/mol. The number of aliphatic hydroxyl groups is 1. The molecule has 3 heteroatoms. The fourth-order valence-electron chi connectivity index (χ4n) is 1.11. The van der Waals surface area contributed by atoms with Crippen LogP contribution in [0.1, 0.15) is 12.5 Å². The summed E-state index contributed by atoms with van der Waals surface area (Å²) in [6, 6.07) is 7.74. The van der Waals surface area contributed by atoms with Crippen molar-refractivity contribution >= 4 is 0 Å². The zero-order valence-corrected chi connectivity index (χ0v) is 8.44. The van der Waals surface area contributed by atoms with Gasteiger partial charge in [0.2, 0.25) is 0 Å². The molecule has 1 aromatic carbocycles. The van der Waals surface area contributed by atoms with Gasteiger partial charge >= 0.3 is 0 Å². The van der Waals surface area contributed by atoms with Crippen LogP contribution in [0.3, 0.4) is 0 Å². The molecule has 1 rings (SSSR count). The third-order valence-corrected chi connectivity index (χ3v) is 1.84. The van der Waals surface area contributed by atoms with Crippen LogP contribution in [-0.2, 0) is 6.42 Å². The van der Waals surface area contributed by atoms with E-state index in [-0.39, 0.29) is 12.6 Å². The molecular formula is C11H17NO2. The molecule has 78 valence electrons. The minimum atomic E-state index is 0.0483. The molecule has 1 aromatic rings. The molecule has 1 unspecified atom stereocenters. The quantitative estimate of drug-likeness (QED) is 0.735. The third-order valence-electron chi connectivity index (χ3n) is 1.84. The summed E-state index contributed by atoms with van der Waals surface area (Å²) in [6.07, 6.45) is 0.688. The van der Waals surface area contributed by atoms with E-state index < -0.39 is 0 Å². The van der Waals surface area contributed by atoms with Crippen LogP contribution < -0.4 is 10.5 Å². The second-order valence-electron chi connectivity index (χ2n) is 3.41. The van der Waals surface area contributed by atoms with Gasteiger partial charge in [-0.15, -0.1) is 0 Å². The first-order valence-corrected chi connectivity index (χ1v) is 4.80. The summed E-state index contributed by atoms with van der Waals surface area (Å²) in [5, 5.41) is 8.72. The number of hydrogen-bond acceptors (Lipinski definition) is 3. The van der Waals surface area contributed by atoms with Gasteiger partial charge in [0.15, 0.2) is 0 Å². The van der Waals surface area contributed by atoms with Crippen molar-refractivity contribution in [2.45, 2.75) is 19.4 Å². The fraction of sp³-hybridized carbons (Fsp3) is 0.455. The summed E-state index contributed by atoms with van der Waals surface area (Å²) in [5.74, 6) is 0.823. The van der Waals surface area contributed by atoms with Crippen molar-refractivity contribution in [3.05, 3.63) is 29.8 Å². The summed E-state index contributed by atoms with van der Waals surface area (Å²) in [6.45, 7) is 2.61. The van der Waals surface area contributed by atoms with Crippen molar-refractivity contribution in [2.24, 2.45) is 5.73 Å². The molecule has 0 saturated carbocycles. The fourth-order valence-corrected chi connectivity index (χ4v) is 1.11. The van der Waals surface area contributed by atoms with E-state index in [1.54, 1.807) is 0 Å². The van der Waals surface area contributed by atoms with Gasteiger partial charge in [-0.25, -0.2) is 0 Å². The number of rotatable bonds is 5. The first-order chi connectivity index (χ1) is 6.72. The van der Waals surface area contributed by atoms with Crippen LogP contribution in [0.15, 0.2) is 24.3 Å². The zero-order chi connectivity index (χ0) is 10.4. The van der Waals surface area contributed by atoms with Crippen molar-refractivity contribution in [3.63, 3.8) is 0 Å². The molecule has 0 spiro atoms. The number of hydrogen-bond donors (Lipinski definition) is 2. The summed E-state index contributed by atoms with van der Waals surface area (Å²) >= 11 is 0. The zero-order valence-electron chi connectivity index (χ0n) is 8.44. The molecule has 0 amide bonds. The van der Waals surface area contributed by atoms with Crippen molar-refractivity contribution in [1.82, 2.24) is 0 Å². The molecule has 14 heavy (non-hydrogen) atoms. The molecular weight excluding hydrogens is 178 g/mol. The maximum atomic E-state index is 8.72. The van der Waals surface area contributed by atoms with E-state index in [1.165, 1.54) is 0 Å². The molecule has 0 bridgehead atoms. The Morgan fingerprint density at radius 2 is 2.00 bits per heavy atom. The molecule has 0 fully saturated rings. The van der Waals surface area contributed by atoms with Crippen LogP contribution in [0.25, 0.3) is 0 Å². The molecule has 0 saturated heterocycles. The molecule has 0 radical (unpaired) electrons. The Morgan fingerprint density at radius 1 is 1.36 bits per heavy atom. The third kappa shape index (κ3) is 3.77. The first-order valence-electron chi connectivity index (χ1n) is 4.80. The SMILES string of the molecule is CC(N)COc1ccc(CCO)cc1. The molecule has 0 aliphatic rings. The molecule has 3 N–H and O–H groups in total. The van der Waals surface area contributed by atoms with Crippen molar-refractivity contribution in [1.29, 1.82) is 0 Å². The monoisotopic (exact) mass is 195 g/mol. The number of ether oxygens (including phenoxy) is 1. The van der Waals surface area contributed by atoms with Crippen molar-refractivity contribution in [3.8, 4) is 5.75 Å². The second-order valence-corrected chi connectivity index (χ2v) is 3.41. The van der Waals surface area contributed by atoms with Crippen LogP contribution in [0.2, 0.25) is 0 Å². The van der Waals surface area contributed by atoms with E-state index in [0.29, 0.717) is 13.0 Å². The summed E-state index contributed by atoms with van der Waals surface area (Å²) in [4.78, 5) is 0. The minimum Gasteiger partial charge on any atom is -0.492 e. The lowest BCUT2D eigenvalue weighted by Gasteiger charge is -2.08. The maximum absolute atomic E-state index is 8.72. The van der Waals surface area contributed by atoms with Crippen LogP contribution >= 0.6 is 0 Å². The topological polar surface area (TPSA) is 55.5 Å². The Kier molecular flexibility index (Phi) is 4.43. The Morgan fingerprint density at radius 3 is 2.50 bits per heavy atom. The lowest BCUT2D eigenvalue weighted by Crippen LogP contribution is -2.23. The maximum Gasteiger partial charge on any atom is 0.119 e. The normalized spacial score (nSPS) is 12.5. The molecule has 0 heterocycles. The van der Waals surface area contributed by atoms with Gasteiger partial charge in [-0.1, -0.05) is 12.1 Å². The number of aliphatic hydroxyl groups excluding tert-OH is 1. The van der Waals surface area contributed by atoms with Gasteiger partial charge in [0.25, 0.3) is 0 Å². The highest BCUT2D eigenvalue weighted by atomic mass is 16.5. The summed E-state index contributed by atoms with van der Waals surface area (Å²) in [5.41, 5.74) is 6.67. The number of benzene rings is 1. The highest BCUT2D eigenvalue weighted by Gasteiger charge is 1.97. The van der Waals surface area contributed by atoms with Crippen molar-refractivity contribution in [2.75, 3.05) is 13.2 Å². The van der Waals surface area contributed by atoms with Crippen LogP contribution in [0.4, 0.5) is 0 Å². The molecule has 0 aromatic heterocycles. The lowest BCUT2D eigenvalue weighted by molar-refractivity contribution is 0.294. The van der Waals surface area contributed by atoms with Gasteiger partial charge in [-0.3, -0.25) is 0 Å². The Hall–Kier alpha value is -1.06. The van der Waals surface area contributed by atoms with Gasteiger partial charge in [0.05, 0.1) is 0 Å². The summed E-state index contributed by atoms with van der Waals surface area (Å²) in [7, 11) is 0. The van der Waals surface area contributed by atoms with Gasteiger partial charge in [-0.2, -0.15) is 0 Å². The van der Waals surface area contributed by atoms with E-state index in [9.17, 15) is 0 Å². The van der Waals surface area contributed by atoms with Gasteiger partial charge in [0, 0.05) is 12.6 Å². The highest BCUT2D eigenvalue weighted by molar-refractivity contribution is 5.27. The van der Waals surface area contributed by atoms with E-state index >= 15 is 0 Å². The Balaban J connectivity index is 2.46. The first kappa shape index (κ1) is 11.0. The smallest absolute Gasteiger partial charge is 0.119 e. The minimum absolute atomic E-state index is 0.0483. The molecule has 0 aliphatic heterocycles. The van der Waals surface area contributed by atoms with Crippen molar-refractivity contribution < 1.29 is 9.84 Å². The van der Waals surface area contributed by atoms with E-state index in [4.69, 9.17) is 15.6 Å². The Bertz CT molecular complexity index is 256. The van der Waals surface area contributed by atoms with E-state index in [2.05, 4.69) is 0 Å². The highest BCUT2D eigenvalue weighted by Crippen LogP contribution is 2.12. The molecule has 1 atom stereocenters. The van der Waals surface area contributed by atoms with Crippen LogP contribution in [0, 0.1) is 0 Å². The number of nitrogens with two attached hydrogens (primary N) is 1. The van der Waals surface area contributed by atoms with Crippen LogP contribution in [-0.4, -0.2) is 24.4 Å². The van der Waals surface area contributed by atoms with Gasteiger partial charge in [0.1, 0.15) is 12.4 Å². The standard InChI is InChI=1S/C11H17NO2/c1-9(12)8-14-11-4-2-10(3-5-11)6-7-13/h2-5,9,13H,6-8,12H2,1H3. The predicted octanol–water partition coefficient (Wildman–Crippen LogP) is 0.947.